The molecule has 0 saturated heterocycles. The Morgan fingerprint density at radius 2 is 1.62 bits per heavy atom. The first-order valence-corrected chi connectivity index (χ1v) is 10.8. The van der Waals surface area contributed by atoms with Crippen LogP contribution in [0.25, 0.3) is 5.57 Å². The zero-order valence-corrected chi connectivity index (χ0v) is 14.8. The number of Topliss-reactive ketones (excluding diaryl/α,β-unsaturated/α-hetero) is 1. The molecule has 3 N–H and O–H groups in total. The molecule has 0 saturated carbocycles. The van der Waals surface area contributed by atoms with E-state index in [0.717, 1.165) is 12.5 Å². The van der Waals surface area contributed by atoms with E-state index in [1.807, 2.05) is 0 Å². The molecule has 0 bridgehead atoms. The summed E-state index contributed by atoms with van der Waals surface area (Å²) < 4.78 is 50.3. The number of carbonyl (C=O) groups excluding carboxylic acids is 1. The van der Waals surface area contributed by atoms with Crippen LogP contribution in [0.1, 0.15) is 24.8 Å². The summed E-state index contributed by atoms with van der Waals surface area (Å²) in [7, 11) is -7.18. The number of allylic oxidation sites excluding steroid dienone is 2. The van der Waals surface area contributed by atoms with Crippen molar-refractivity contribution in [2.75, 3.05) is 22.0 Å². The third-order valence-corrected chi connectivity index (χ3v) is 4.47. The number of benzene rings is 1. The van der Waals surface area contributed by atoms with Crippen LogP contribution in [0.4, 0.5) is 11.4 Å². The zero-order valence-electron chi connectivity index (χ0n) is 13.2. The van der Waals surface area contributed by atoms with Crippen LogP contribution in [-0.2, 0) is 24.8 Å². The molecule has 0 amide bonds. The maximum absolute atomic E-state index is 12.2. The molecule has 0 unspecified atom stereocenters. The SMILES string of the molecule is CS(=O)(=O)Nc1ccc(NS(C)(=O)=O)c(C2=C(O)CCCC2=O)c1. The van der Waals surface area contributed by atoms with E-state index in [2.05, 4.69) is 9.44 Å². The number of nitrogens with one attached hydrogen (secondary N) is 2. The van der Waals surface area contributed by atoms with E-state index in [9.17, 15) is 26.7 Å². The van der Waals surface area contributed by atoms with E-state index in [1.54, 1.807) is 0 Å². The highest BCUT2D eigenvalue weighted by Crippen LogP contribution is 2.35. The summed E-state index contributed by atoms with van der Waals surface area (Å²) in [6.07, 6.45) is 2.95. The summed E-state index contributed by atoms with van der Waals surface area (Å²) in [4.78, 5) is 12.2. The van der Waals surface area contributed by atoms with Gasteiger partial charge in [-0.1, -0.05) is 0 Å². The average Bonchev–Trinajstić information content (AvgIpc) is 2.38. The summed E-state index contributed by atoms with van der Waals surface area (Å²) in [5, 5.41) is 10.1. The summed E-state index contributed by atoms with van der Waals surface area (Å²) in [5.41, 5.74) is 0.388. The summed E-state index contributed by atoms with van der Waals surface area (Å²) in [5.74, 6) is -0.467. The summed E-state index contributed by atoms with van der Waals surface area (Å²) in [6.45, 7) is 0. The van der Waals surface area contributed by atoms with Crippen molar-refractivity contribution in [3.8, 4) is 0 Å². The van der Waals surface area contributed by atoms with Crippen LogP contribution in [-0.4, -0.2) is 40.2 Å². The molecule has 0 heterocycles. The largest absolute Gasteiger partial charge is 0.512 e. The second kappa shape index (κ2) is 6.44. The molecule has 0 aromatic heterocycles. The van der Waals surface area contributed by atoms with Crippen LogP contribution < -0.4 is 9.44 Å². The molecule has 2 rings (SSSR count). The number of aliphatic hydroxyl groups is 1. The number of sulfonamides is 2. The minimum atomic E-state index is -3.63. The van der Waals surface area contributed by atoms with Gasteiger partial charge in [0.05, 0.1) is 23.8 Å². The van der Waals surface area contributed by atoms with Gasteiger partial charge in [0.2, 0.25) is 20.0 Å². The van der Waals surface area contributed by atoms with E-state index >= 15 is 0 Å². The fourth-order valence-corrected chi connectivity index (χ4v) is 3.58. The van der Waals surface area contributed by atoms with E-state index in [1.165, 1.54) is 18.2 Å². The number of hydrogen-bond donors (Lipinski definition) is 3. The van der Waals surface area contributed by atoms with E-state index in [-0.39, 0.29) is 40.5 Å². The van der Waals surface area contributed by atoms with Crippen LogP contribution in [0, 0.1) is 0 Å². The molecule has 1 aromatic rings. The predicted octanol–water partition coefficient (Wildman–Crippen LogP) is 1.45. The van der Waals surface area contributed by atoms with E-state index in [0.29, 0.717) is 12.8 Å². The predicted molar refractivity (Wildman–Crippen MR) is 91.8 cm³/mol. The van der Waals surface area contributed by atoms with Gasteiger partial charge in [-0.05, 0) is 24.6 Å². The Hall–Kier alpha value is -2.07. The minimum absolute atomic E-state index is 0.00421. The van der Waals surface area contributed by atoms with Gasteiger partial charge in [-0.15, -0.1) is 0 Å². The lowest BCUT2D eigenvalue weighted by Gasteiger charge is -2.19. The number of anilines is 2. The number of carbonyl (C=O) groups is 1. The molecule has 0 aliphatic heterocycles. The molecule has 24 heavy (non-hydrogen) atoms. The number of ketones is 1. The quantitative estimate of drug-likeness (QED) is 0.715. The Kier molecular flexibility index (Phi) is 4.90. The molecule has 132 valence electrons. The van der Waals surface area contributed by atoms with Crippen LogP contribution >= 0.6 is 0 Å². The molecule has 1 aliphatic rings. The molecule has 1 aliphatic carbocycles. The molecule has 0 radical (unpaired) electrons. The fraction of sp³-hybridized carbons (Fsp3) is 0.357. The second-order valence-electron chi connectivity index (χ2n) is 5.61. The van der Waals surface area contributed by atoms with Gasteiger partial charge in [0.15, 0.2) is 5.78 Å². The third kappa shape index (κ3) is 4.71. The number of aliphatic hydroxyl groups excluding tert-OH is 1. The number of hydrogen-bond acceptors (Lipinski definition) is 6. The lowest BCUT2D eigenvalue weighted by molar-refractivity contribution is -0.114. The first-order valence-electron chi connectivity index (χ1n) is 7.01. The standard InChI is InChI=1S/C14H18N2O6S2/c1-23(19,20)15-9-6-7-11(16-24(2,21)22)10(8-9)14-12(17)4-3-5-13(14)18/h6-8,15-17H,3-5H2,1-2H3. The van der Waals surface area contributed by atoms with Crippen molar-refractivity contribution in [1.82, 2.24) is 0 Å². The lowest BCUT2D eigenvalue weighted by atomic mass is 9.90. The Morgan fingerprint density at radius 1 is 1.00 bits per heavy atom. The lowest BCUT2D eigenvalue weighted by Crippen LogP contribution is -2.16. The first-order chi connectivity index (χ1) is 11.0. The zero-order chi connectivity index (χ0) is 18.1. The Balaban J connectivity index is 2.63. The van der Waals surface area contributed by atoms with Crippen molar-refractivity contribution in [3.05, 3.63) is 29.5 Å². The Morgan fingerprint density at radius 3 is 2.17 bits per heavy atom. The molecule has 8 nitrogen and oxygen atoms in total. The van der Waals surface area contributed by atoms with Gasteiger partial charge in [-0.25, -0.2) is 16.8 Å². The molecule has 0 spiro atoms. The van der Waals surface area contributed by atoms with E-state index < -0.39 is 20.0 Å². The van der Waals surface area contributed by atoms with Gasteiger partial charge in [0, 0.05) is 24.1 Å². The average molecular weight is 374 g/mol. The highest BCUT2D eigenvalue weighted by molar-refractivity contribution is 7.92. The van der Waals surface area contributed by atoms with Crippen molar-refractivity contribution in [3.63, 3.8) is 0 Å². The molecular weight excluding hydrogens is 356 g/mol. The summed E-state index contributed by atoms with van der Waals surface area (Å²) >= 11 is 0. The fourth-order valence-electron chi connectivity index (χ4n) is 2.45. The molecule has 1 aromatic carbocycles. The first kappa shape index (κ1) is 18.3. The van der Waals surface area contributed by atoms with Gasteiger partial charge < -0.3 is 5.11 Å². The Labute approximate surface area is 140 Å². The van der Waals surface area contributed by atoms with Crippen molar-refractivity contribution < 1.29 is 26.7 Å². The molecular formula is C14H18N2O6S2. The maximum atomic E-state index is 12.2. The Bertz CT molecular complexity index is 917. The topological polar surface area (TPSA) is 130 Å². The monoisotopic (exact) mass is 374 g/mol. The van der Waals surface area contributed by atoms with Crippen LogP contribution in [0.3, 0.4) is 0 Å². The molecule has 10 heteroatoms. The normalized spacial score (nSPS) is 16.2. The van der Waals surface area contributed by atoms with Crippen LogP contribution in [0.2, 0.25) is 0 Å². The van der Waals surface area contributed by atoms with Crippen LogP contribution in [0.5, 0.6) is 0 Å². The smallest absolute Gasteiger partial charge is 0.229 e. The van der Waals surface area contributed by atoms with Gasteiger partial charge in [-0.3, -0.25) is 14.2 Å². The van der Waals surface area contributed by atoms with Crippen LogP contribution in [0.15, 0.2) is 24.0 Å². The van der Waals surface area contributed by atoms with E-state index in [4.69, 9.17) is 0 Å². The molecule has 0 fully saturated rings. The highest BCUT2D eigenvalue weighted by atomic mass is 32.2. The van der Waals surface area contributed by atoms with Crippen molar-refractivity contribution in [2.24, 2.45) is 0 Å². The van der Waals surface area contributed by atoms with Gasteiger partial charge >= 0.3 is 0 Å². The summed E-state index contributed by atoms with van der Waals surface area (Å²) in [6, 6.07) is 4.03. The molecule has 0 atom stereocenters. The maximum Gasteiger partial charge on any atom is 0.229 e. The van der Waals surface area contributed by atoms with Crippen molar-refractivity contribution in [1.29, 1.82) is 0 Å². The van der Waals surface area contributed by atoms with Gasteiger partial charge in [0.1, 0.15) is 5.76 Å². The number of rotatable bonds is 5. The highest BCUT2D eigenvalue weighted by Gasteiger charge is 2.25. The van der Waals surface area contributed by atoms with Crippen molar-refractivity contribution in [2.45, 2.75) is 19.3 Å². The van der Waals surface area contributed by atoms with Gasteiger partial charge in [-0.2, -0.15) is 0 Å². The van der Waals surface area contributed by atoms with Gasteiger partial charge in [0.25, 0.3) is 0 Å². The minimum Gasteiger partial charge on any atom is -0.512 e. The second-order valence-corrected chi connectivity index (χ2v) is 9.10. The van der Waals surface area contributed by atoms with Crippen molar-refractivity contribution >= 4 is 42.8 Å². The third-order valence-electron chi connectivity index (χ3n) is 3.27.